The van der Waals surface area contributed by atoms with Crippen molar-refractivity contribution in [2.24, 2.45) is 0 Å². The highest BCUT2D eigenvalue weighted by molar-refractivity contribution is 5.37. The molecule has 5 heteroatoms. The van der Waals surface area contributed by atoms with Crippen molar-refractivity contribution in [2.45, 2.75) is 38.8 Å². The summed E-state index contributed by atoms with van der Waals surface area (Å²) in [4.78, 5) is 12.9. The van der Waals surface area contributed by atoms with Gasteiger partial charge >= 0.3 is 5.69 Å². The van der Waals surface area contributed by atoms with Gasteiger partial charge in [0.1, 0.15) is 11.6 Å². The number of aryl methyl sites for hydroxylation is 1. The zero-order valence-electron chi connectivity index (χ0n) is 14.4. The molecule has 1 atom stereocenters. The van der Waals surface area contributed by atoms with E-state index in [9.17, 15) is 4.79 Å². The van der Waals surface area contributed by atoms with Gasteiger partial charge in [-0.15, -0.1) is 5.10 Å². The number of rotatable bonds is 4. The molecule has 0 spiro atoms. The lowest BCUT2D eigenvalue weighted by Crippen LogP contribution is -2.26. The maximum absolute atomic E-state index is 12.9. The van der Waals surface area contributed by atoms with Gasteiger partial charge in [0.15, 0.2) is 0 Å². The van der Waals surface area contributed by atoms with Gasteiger partial charge < -0.3 is 4.74 Å². The zero-order valence-corrected chi connectivity index (χ0v) is 14.4. The summed E-state index contributed by atoms with van der Waals surface area (Å²) in [6.45, 7) is 3.98. The Bertz CT molecular complexity index is 924. The van der Waals surface area contributed by atoms with Gasteiger partial charge in [0.2, 0.25) is 0 Å². The van der Waals surface area contributed by atoms with Gasteiger partial charge in [0.05, 0.1) is 17.8 Å². The average Bonchev–Trinajstić information content (AvgIpc) is 3.17. The minimum atomic E-state index is -0.0844. The van der Waals surface area contributed by atoms with E-state index in [0.29, 0.717) is 0 Å². The van der Waals surface area contributed by atoms with Crippen molar-refractivity contribution in [3.05, 3.63) is 76.5 Å². The Balaban J connectivity index is 1.69. The van der Waals surface area contributed by atoms with Crippen molar-refractivity contribution in [1.82, 2.24) is 14.3 Å². The Morgan fingerprint density at radius 3 is 2.48 bits per heavy atom. The van der Waals surface area contributed by atoms with Gasteiger partial charge in [-0.1, -0.05) is 30.3 Å². The minimum Gasteiger partial charge on any atom is -0.491 e. The van der Waals surface area contributed by atoms with E-state index in [1.165, 1.54) is 4.68 Å². The van der Waals surface area contributed by atoms with E-state index in [1.807, 2.05) is 60.9 Å². The molecule has 1 aliphatic rings. The fraction of sp³-hybridized carbons (Fsp3) is 0.300. The van der Waals surface area contributed by atoms with Gasteiger partial charge in [-0.05, 0) is 50.1 Å². The predicted octanol–water partition coefficient (Wildman–Crippen LogP) is 3.36. The van der Waals surface area contributed by atoms with Crippen molar-refractivity contribution in [2.75, 3.05) is 0 Å². The molecule has 4 rings (SSSR count). The second-order valence-electron chi connectivity index (χ2n) is 6.61. The molecular formula is C20H21N3O2. The molecule has 5 nitrogen and oxygen atoms in total. The van der Waals surface area contributed by atoms with Crippen LogP contribution >= 0.6 is 0 Å². The van der Waals surface area contributed by atoms with Crippen molar-refractivity contribution in [1.29, 1.82) is 0 Å². The van der Waals surface area contributed by atoms with Crippen molar-refractivity contribution in [3.8, 4) is 11.4 Å². The number of benzene rings is 2. The van der Waals surface area contributed by atoms with E-state index >= 15 is 0 Å². The monoisotopic (exact) mass is 335 g/mol. The highest BCUT2D eigenvalue weighted by Crippen LogP contribution is 2.29. The van der Waals surface area contributed by atoms with Gasteiger partial charge in [0.25, 0.3) is 0 Å². The number of hydrogen-bond acceptors (Lipinski definition) is 3. The van der Waals surface area contributed by atoms with Gasteiger partial charge in [-0.2, -0.15) is 4.68 Å². The smallest absolute Gasteiger partial charge is 0.351 e. The van der Waals surface area contributed by atoms with Crippen molar-refractivity contribution < 1.29 is 4.74 Å². The predicted molar refractivity (Wildman–Crippen MR) is 96.5 cm³/mol. The molecule has 1 aromatic heterocycles. The Hall–Kier alpha value is -2.82. The Labute approximate surface area is 146 Å². The summed E-state index contributed by atoms with van der Waals surface area (Å²) in [5, 5.41) is 4.55. The third-order valence-corrected chi connectivity index (χ3v) is 4.47. The lowest BCUT2D eigenvalue weighted by atomic mass is 10.1. The second-order valence-corrected chi connectivity index (χ2v) is 6.61. The minimum absolute atomic E-state index is 0.0704. The molecule has 2 heterocycles. The Kier molecular flexibility index (Phi) is 3.92. The quantitative estimate of drug-likeness (QED) is 0.734. The van der Waals surface area contributed by atoms with Crippen LogP contribution in [0.2, 0.25) is 0 Å². The lowest BCUT2D eigenvalue weighted by molar-refractivity contribution is 0.242. The van der Waals surface area contributed by atoms with Crippen molar-refractivity contribution >= 4 is 0 Å². The second kappa shape index (κ2) is 6.24. The lowest BCUT2D eigenvalue weighted by Gasteiger charge is -2.12. The van der Waals surface area contributed by atoms with Crippen LogP contribution in [0.5, 0.6) is 5.75 Å². The van der Waals surface area contributed by atoms with Crippen LogP contribution in [0.1, 0.15) is 37.7 Å². The molecule has 3 aromatic rings. The van der Waals surface area contributed by atoms with E-state index in [2.05, 4.69) is 17.2 Å². The molecule has 0 N–H and O–H groups in total. The summed E-state index contributed by atoms with van der Waals surface area (Å²) < 4.78 is 8.98. The highest BCUT2D eigenvalue weighted by Gasteiger charge is 2.29. The fourth-order valence-corrected chi connectivity index (χ4v) is 3.39. The molecule has 128 valence electrons. The van der Waals surface area contributed by atoms with Gasteiger partial charge in [-0.25, -0.2) is 4.79 Å². The number of aromatic nitrogens is 3. The largest absolute Gasteiger partial charge is 0.491 e. The van der Waals surface area contributed by atoms with Gasteiger partial charge in [0, 0.05) is 6.42 Å². The van der Waals surface area contributed by atoms with E-state index in [1.54, 1.807) is 0 Å². The Morgan fingerprint density at radius 2 is 1.80 bits per heavy atom. The highest BCUT2D eigenvalue weighted by atomic mass is 16.5. The van der Waals surface area contributed by atoms with Gasteiger partial charge in [-0.3, -0.25) is 4.57 Å². The fourth-order valence-electron chi connectivity index (χ4n) is 3.39. The first-order valence-electron chi connectivity index (χ1n) is 8.66. The molecule has 2 aromatic carbocycles. The van der Waals surface area contributed by atoms with E-state index < -0.39 is 0 Å². The standard InChI is InChI=1S/C20H21N3O2/c1-14(2)25-17-10-8-16(9-11-17)23-20(24)22-18(12-13-19(22)21-23)15-6-4-3-5-7-15/h3-11,14,18H,12-13H2,1-2H3/t18-/m0/s1. The third-order valence-electron chi connectivity index (χ3n) is 4.47. The van der Waals surface area contributed by atoms with Crippen LogP contribution in [0, 0.1) is 0 Å². The number of nitrogens with zero attached hydrogens (tertiary/aromatic N) is 3. The van der Waals surface area contributed by atoms with E-state index in [0.717, 1.165) is 35.7 Å². The molecule has 25 heavy (non-hydrogen) atoms. The van der Waals surface area contributed by atoms with Crippen LogP contribution in [0.25, 0.3) is 5.69 Å². The molecule has 1 aliphatic heterocycles. The molecule has 0 fully saturated rings. The maximum atomic E-state index is 12.9. The molecule has 0 unspecified atom stereocenters. The zero-order chi connectivity index (χ0) is 17.4. The van der Waals surface area contributed by atoms with Crippen LogP contribution in [0.4, 0.5) is 0 Å². The number of ether oxygens (including phenoxy) is 1. The third kappa shape index (κ3) is 2.86. The first-order valence-corrected chi connectivity index (χ1v) is 8.66. The summed E-state index contributed by atoms with van der Waals surface area (Å²) in [5.41, 5.74) is 1.83. The summed E-state index contributed by atoms with van der Waals surface area (Å²) >= 11 is 0. The molecule has 0 radical (unpaired) electrons. The molecule has 0 bridgehead atoms. The summed E-state index contributed by atoms with van der Waals surface area (Å²) in [6, 6.07) is 17.7. The molecule has 0 saturated carbocycles. The maximum Gasteiger partial charge on any atom is 0.351 e. The summed E-state index contributed by atoms with van der Waals surface area (Å²) in [7, 11) is 0. The van der Waals surface area contributed by atoms with Crippen LogP contribution in [-0.2, 0) is 6.42 Å². The molecule has 0 amide bonds. The van der Waals surface area contributed by atoms with Crippen molar-refractivity contribution in [3.63, 3.8) is 0 Å². The molecule has 0 saturated heterocycles. The summed E-state index contributed by atoms with van der Waals surface area (Å²) in [5.74, 6) is 1.64. The molecular weight excluding hydrogens is 314 g/mol. The average molecular weight is 335 g/mol. The Morgan fingerprint density at radius 1 is 1.08 bits per heavy atom. The first kappa shape index (κ1) is 15.7. The first-order chi connectivity index (χ1) is 12.1. The summed E-state index contributed by atoms with van der Waals surface area (Å²) in [6.07, 6.45) is 1.86. The van der Waals surface area contributed by atoms with E-state index in [4.69, 9.17) is 4.74 Å². The number of hydrogen-bond donors (Lipinski definition) is 0. The van der Waals surface area contributed by atoms with Crippen LogP contribution in [0.3, 0.4) is 0 Å². The van der Waals surface area contributed by atoms with E-state index in [-0.39, 0.29) is 17.8 Å². The number of fused-ring (bicyclic) bond motifs is 1. The SMILES string of the molecule is CC(C)Oc1ccc(-n2nc3n(c2=O)[C@H](c2ccccc2)CC3)cc1. The van der Waals surface area contributed by atoms with Crippen LogP contribution in [-0.4, -0.2) is 20.5 Å². The van der Waals surface area contributed by atoms with Crippen LogP contribution in [0.15, 0.2) is 59.4 Å². The topological polar surface area (TPSA) is 49.0 Å². The van der Waals surface area contributed by atoms with Crippen LogP contribution < -0.4 is 10.4 Å². The normalized spacial score (nSPS) is 16.2. The molecule has 0 aliphatic carbocycles.